The Balaban J connectivity index is 1.44. The Bertz CT molecular complexity index is 1020. The van der Waals surface area contributed by atoms with E-state index in [9.17, 15) is 9.18 Å². The molecule has 3 nitrogen and oxygen atoms in total. The van der Waals surface area contributed by atoms with Crippen LogP contribution < -0.4 is 0 Å². The number of likely N-dealkylation sites (tertiary alicyclic amines) is 1. The molecular weight excluding hydrogens is 375 g/mol. The number of carbonyl (C=O) groups excluding carboxylic acids is 1. The lowest BCUT2D eigenvalue weighted by Gasteiger charge is -2.32. The predicted molar refractivity (Wildman–Crippen MR) is 111 cm³/mol. The Morgan fingerprint density at radius 1 is 1.14 bits per heavy atom. The van der Waals surface area contributed by atoms with Gasteiger partial charge in [0.05, 0.1) is 10.6 Å². The van der Waals surface area contributed by atoms with Crippen LogP contribution in [-0.4, -0.2) is 28.5 Å². The quantitative estimate of drug-likeness (QED) is 0.581. The van der Waals surface area contributed by atoms with Crippen molar-refractivity contribution in [2.24, 2.45) is 13.0 Å². The summed E-state index contributed by atoms with van der Waals surface area (Å²) in [6, 6.07) is 12.6. The van der Waals surface area contributed by atoms with Crippen molar-refractivity contribution in [2.75, 3.05) is 13.1 Å². The zero-order chi connectivity index (χ0) is 19.8. The van der Waals surface area contributed by atoms with Gasteiger partial charge in [-0.3, -0.25) is 4.79 Å². The first kappa shape index (κ1) is 19.0. The molecule has 1 fully saturated rings. The zero-order valence-corrected chi connectivity index (χ0v) is 17.0. The standard InChI is InChI=1S/C23H24ClFN2O/c1-15-11-18-13-20(21(24)14-22(18)26(15)2)23(28)27-9-7-17(8-10-27)12-16-3-5-19(25)6-4-16/h3-6,11,13-14,17H,7-10,12H2,1-2H3. The number of hydrogen-bond acceptors (Lipinski definition) is 1. The average Bonchev–Trinajstić information content (AvgIpc) is 2.96. The number of piperidine rings is 1. The van der Waals surface area contributed by atoms with Gasteiger partial charge in [-0.05, 0) is 68.0 Å². The van der Waals surface area contributed by atoms with E-state index in [1.54, 1.807) is 0 Å². The number of aromatic nitrogens is 1. The highest BCUT2D eigenvalue weighted by molar-refractivity contribution is 6.34. The summed E-state index contributed by atoms with van der Waals surface area (Å²) in [4.78, 5) is 15.0. The zero-order valence-electron chi connectivity index (χ0n) is 16.2. The van der Waals surface area contributed by atoms with E-state index in [1.165, 1.54) is 12.1 Å². The SMILES string of the molecule is Cc1cc2cc(C(=O)N3CCC(Cc4ccc(F)cc4)CC3)c(Cl)cc2n1C. The van der Waals surface area contributed by atoms with Gasteiger partial charge in [-0.1, -0.05) is 23.7 Å². The average molecular weight is 399 g/mol. The molecule has 146 valence electrons. The van der Waals surface area contributed by atoms with E-state index >= 15 is 0 Å². The number of rotatable bonds is 3. The molecule has 1 aliphatic rings. The Morgan fingerprint density at radius 3 is 2.50 bits per heavy atom. The molecule has 0 saturated carbocycles. The number of amides is 1. The molecule has 0 atom stereocenters. The van der Waals surface area contributed by atoms with Crippen LogP contribution in [0.2, 0.25) is 5.02 Å². The monoisotopic (exact) mass is 398 g/mol. The van der Waals surface area contributed by atoms with Crippen LogP contribution >= 0.6 is 11.6 Å². The lowest BCUT2D eigenvalue weighted by atomic mass is 9.90. The first-order valence-electron chi connectivity index (χ1n) is 9.71. The molecule has 0 unspecified atom stereocenters. The molecule has 1 amide bonds. The van der Waals surface area contributed by atoms with Crippen molar-refractivity contribution in [3.63, 3.8) is 0 Å². The van der Waals surface area contributed by atoms with E-state index in [-0.39, 0.29) is 11.7 Å². The molecule has 0 bridgehead atoms. The molecule has 5 heteroatoms. The second kappa shape index (κ2) is 7.59. The smallest absolute Gasteiger partial charge is 0.255 e. The third kappa shape index (κ3) is 3.66. The molecule has 1 saturated heterocycles. The normalized spacial score (nSPS) is 15.4. The fraction of sp³-hybridized carbons (Fsp3) is 0.348. The summed E-state index contributed by atoms with van der Waals surface area (Å²) < 4.78 is 15.1. The van der Waals surface area contributed by atoms with E-state index in [2.05, 4.69) is 10.6 Å². The van der Waals surface area contributed by atoms with Crippen molar-refractivity contribution in [1.29, 1.82) is 0 Å². The molecule has 2 heterocycles. The van der Waals surface area contributed by atoms with Crippen molar-refractivity contribution >= 4 is 28.4 Å². The van der Waals surface area contributed by atoms with E-state index in [0.717, 1.165) is 54.5 Å². The minimum absolute atomic E-state index is 0.00800. The number of hydrogen-bond donors (Lipinski definition) is 0. The Hall–Kier alpha value is -2.33. The van der Waals surface area contributed by atoms with Crippen molar-refractivity contribution in [3.05, 3.63) is 70.1 Å². The lowest BCUT2D eigenvalue weighted by Crippen LogP contribution is -2.39. The van der Waals surface area contributed by atoms with Crippen molar-refractivity contribution < 1.29 is 9.18 Å². The molecular formula is C23H24ClFN2O. The third-order valence-corrected chi connectivity index (χ3v) is 6.25. The summed E-state index contributed by atoms with van der Waals surface area (Å²) in [6.45, 7) is 3.50. The molecule has 0 aliphatic carbocycles. The van der Waals surface area contributed by atoms with Crippen LogP contribution in [0.25, 0.3) is 10.9 Å². The molecule has 0 spiro atoms. The largest absolute Gasteiger partial charge is 0.348 e. The Kier molecular flexibility index (Phi) is 5.15. The fourth-order valence-electron chi connectivity index (χ4n) is 4.13. The molecule has 2 aromatic carbocycles. The summed E-state index contributed by atoms with van der Waals surface area (Å²) in [6.07, 6.45) is 2.83. The number of aryl methyl sites for hydroxylation is 2. The van der Waals surface area contributed by atoms with Crippen LogP contribution in [-0.2, 0) is 13.5 Å². The van der Waals surface area contributed by atoms with E-state index in [1.807, 2.05) is 43.1 Å². The van der Waals surface area contributed by atoms with Gasteiger partial charge in [0.2, 0.25) is 0 Å². The first-order valence-corrected chi connectivity index (χ1v) is 10.1. The van der Waals surface area contributed by atoms with Gasteiger partial charge in [0.15, 0.2) is 0 Å². The molecule has 28 heavy (non-hydrogen) atoms. The molecule has 1 aliphatic heterocycles. The third-order valence-electron chi connectivity index (χ3n) is 5.94. The number of halogens is 2. The minimum atomic E-state index is -0.202. The Labute approximate surface area is 169 Å². The molecule has 3 aromatic rings. The maximum atomic E-state index is 13.1. The van der Waals surface area contributed by atoms with Gasteiger partial charge in [0, 0.05) is 36.7 Å². The topological polar surface area (TPSA) is 25.2 Å². The van der Waals surface area contributed by atoms with Gasteiger partial charge in [-0.25, -0.2) is 4.39 Å². The van der Waals surface area contributed by atoms with Crippen molar-refractivity contribution in [1.82, 2.24) is 9.47 Å². The second-order valence-corrected chi connectivity index (χ2v) is 8.21. The highest BCUT2D eigenvalue weighted by Crippen LogP contribution is 2.29. The van der Waals surface area contributed by atoms with Crippen LogP contribution in [0.3, 0.4) is 0 Å². The van der Waals surface area contributed by atoms with Gasteiger partial charge < -0.3 is 9.47 Å². The van der Waals surface area contributed by atoms with E-state index in [0.29, 0.717) is 16.5 Å². The van der Waals surface area contributed by atoms with E-state index in [4.69, 9.17) is 11.6 Å². The maximum absolute atomic E-state index is 13.1. The molecule has 4 rings (SSSR count). The lowest BCUT2D eigenvalue weighted by molar-refractivity contribution is 0.0691. The number of fused-ring (bicyclic) bond motifs is 1. The summed E-state index contributed by atoms with van der Waals surface area (Å²) in [5.74, 6) is 0.324. The Morgan fingerprint density at radius 2 is 1.82 bits per heavy atom. The first-order chi connectivity index (χ1) is 13.4. The van der Waals surface area contributed by atoms with Crippen LogP contribution in [0, 0.1) is 18.7 Å². The van der Waals surface area contributed by atoms with Gasteiger partial charge in [0.1, 0.15) is 5.82 Å². The summed E-state index contributed by atoms with van der Waals surface area (Å²) in [7, 11) is 2.00. The molecule has 1 aromatic heterocycles. The van der Waals surface area contributed by atoms with Crippen LogP contribution in [0.4, 0.5) is 4.39 Å². The summed E-state index contributed by atoms with van der Waals surface area (Å²) in [5, 5.41) is 1.55. The highest BCUT2D eigenvalue weighted by Gasteiger charge is 2.25. The highest BCUT2D eigenvalue weighted by atomic mass is 35.5. The van der Waals surface area contributed by atoms with Crippen LogP contribution in [0.5, 0.6) is 0 Å². The van der Waals surface area contributed by atoms with Crippen LogP contribution in [0.15, 0.2) is 42.5 Å². The van der Waals surface area contributed by atoms with Crippen molar-refractivity contribution in [2.45, 2.75) is 26.2 Å². The van der Waals surface area contributed by atoms with Gasteiger partial charge >= 0.3 is 0 Å². The van der Waals surface area contributed by atoms with E-state index < -0.39 is 0 Å². The summed E-state index contributed by atoms with van der Waals surface area (Å²) >= 11 is 6.46. The fourth-order valence-corrected chi connectivity index (χ4v) is 4.36. The second-order valence-electron chi connectivity index (χ2n) is 7.80. The molecule has 0 radical (unpaired) electrons. The number of carbonyl (C=O) groups is 1. The van der Waals surface area contributed by atoms with Gasteiger partial charge in [0.25, 0.3) is 5.91 Å². The van der Waals surface area contributed by atoms with Crippen molar-refractivity contribution in [3.8, 4) is 0 Å². The predicted octanol–water partition coefficient (Wildman–Crippen LogP) is 5.37. The van der Waals surface area contributed by atoms with Gasteiger partial charge in [-0.2, -0.15) is 0 Å². The number of nitrogens with zero attached hydrogens (tertiary/aromatic N) is 2. The minimum Gasteiger partial charge on any atom is -0.348 e. The van der Waals surface area contributed by atoms with Gasteiger partial charge in [-0.15, -0.1) is 0 Å². The molecule has 0 N–H and O–H groups in total. The number of benzene rings is 2. The maximum Gasteiger partial charge on any atom is 0.255 e. The summed E-state index contributed by atoms with van der Waals surface area (Å²) in [5.41, 5.74) is 3.91. The van der Waals surface area contributed by atoms with Crippen LogP contribution in [0.1, 0.15) is 34.5 Å².